The Kier molecular flexibility index (Phi) is 5.42. The standard InChI is InChI=1S/C16H26N2O3/c1-12(19)9-18-11-16(21)15(20)8-14(18)10-17(2)13-6-4-3-5-7-13/h8,11-13,19,21H,3-7,9-10H2,1-2H3. The van der Waals surface area contributed by atoms with Crippen molar-refractivity contribution in [2.24, 2.45) is 0 Å². The molecule has 5 nitrogen and oxygen atoms in total. The summed E-state index contributed by atoms with van der Waals surface area (Å²) in [5.74, 6) is -0.264. The van der Waals surface area contributed by atoms with Crippen molar-refractivity contribution in [1.29, 1.82) is 0 Å². The van der Waals surface area contributed by atoms with Crippen LogP contribution >= 0.6 is 0 Å². The van der Waals surface area contributed by atoms with Crippen molar-refractivity contribution in [3.8, 4) is 5.75 Å². The van der Waals surface area contributed by atoms with Gasteiger partial charge in [-0.15, -0.1) is 0 Å². The van der Waals surface area contributed by atoms with Crippen molar-refractivity contribution < 1.29 is 10.2 Å². The van der Waals surface area contributed by atoms with Crippen LogP contribution in [0.5, 0.6) is 5.75 Å². The van der Waals surface area contributed by atoms with Gasteiger partial charge in [0, 0.05) is 30.9 Å². The summed E-state index contributed by atoms with van der Waals surface area (Å²) in [4.78, 5) is 14.0. The van der Waals surface area contributed by atoms with Gasteiger partial charge in [0.1, 0.15) is 0 Å². The number of aromatic hydroxyl groups is 1. The average Bonchev–Trinajstić information content (AvgIpc) is 2.44. The second-order valence-electron chi connectivity index (χ2n) is 6.22. The van der Waals surface area contributed by atoms with E-state index in [2.05, 4.69) is 11.9 Å². The van der Waals surface area contributed by atoms with Gasteiger partial charge in [0.15, 0.2) is 5.75 Å². The fraction of sp³-hybridized carbons (Fsp3) is 0.688. The number of aromatic nitrogens is 1. The molecule has 0 radical (unpaired) electrons. The Morgan fingerprint density at radius 2 is 2.05 bits per heavy atom. The summed E-state index contributed by atoms with van der Waals surface area (Å²) in [7, 11) is 2.08. The Bertz CT molecular complexity index is 519. The van der Waals surface area contributed by atoms with E-state index in [1.54, 1.807) is 11.5 Å². The maximum absolute atomic E-state index is 11.7. The molecule has 0 bridgehead atoms. The molecule has 0 amide bonds. The summed E-state index contributed by atoms with van der Waals surface area (Å²) < 4.78 is 1.78. The van der Waals surface area contributed by atoms with Crippen LogP contribution in [0, 0.1) is 0 Å². The van der Waals surface area contributed by atoms with Crippen LogP contribution < -0.4 is 5.43 Å². The predicted octanol–water partition coefficient (Wildman–Crippen LogP) is 1.70. The maximum atomic E-state index is 11.7. The molecule has 0 aromatic carbocycles. The van der Waals surface area contributed by atoms with Gasteiger partial charge >= 0.3 is 0 Å². The summed E-state index contributed by atoms with van der Waals surface area (Å²) in [5.41, 5.74) is 0.482. The first-order chi connectivity index (χ1) is 9.97. The van der Waals surface area contributed by atoms with E-state index in [1.807, 2.05) is 0 Å². The van der Waals surface area contributed by atoms with Crippen molar-refractivity contribution >= 4 is 0 Å². The first-order valence-corrected chi connectivity index (χ1v) is 7.78. The van der Waals surface area contributed by atoms with E-state index >= 15 is 0 Å². The topological polar surface area (TPSA) is 65.7 Å². The fourth-order valence-electron chi connectivity index (χ4n) is 3.10. The molecule has 1 aliphatic carbocycles. The molecule has 0 aliphatic heterocycles. The highest BCUT2D eigenvalue weighted by Crippen LogP contribution is 2.23. The molecule has 0 saturated heterocycles. The molecule has 1 aliphatic rings. The number of aliphatic hydroxyl groups excluding tert-OH is 1. The molecule has 118 valence electrons. The number of pyridine rings is 1. The van der Waals surface area contributed by atoms with Gasteiger partial charge in [-0.2, -0.15) is 0 Å². The lowest BCUT2D eigenvalue weighted by Crippen LogP contribution is -2.34. The number of nitrogens with zero attached hydrogens (tertiary/aromatic N) is 2. The molecular formula is C16H26N2O3. The van der Waals surface area contributed by atoms with Crippen LogP contribution in [0.25, 0.3) is 0 Å². The highest BCUT2D eigenvalue weighted by molar-refractivity contribution is 5.20. The third kappa shape index (κ3) is 4.32. The van der Waals surface area contributed by atoms with Crippen molar-refractivity contribution in [2.45, 2.75) is 64.3 Å². The molecule has 5 heteroatoms. The lowest BCUT2D eigenvalue weighted by molar-refractivity contribution is 0.160. The Hall–Kier alpha value is -1.33. The second-order valence-corrected chi connectivity index (χ2v) is 6.22. The van der Waals surface area contributed by atoms with E-state index in [9.17, 15) is 15.0 Å². The zero-order chi connectivity index (χ0) is 15.4. The Labute approximate surface area is 125 Å². The third-order valence-corrected chi connectivity index (χ3v) is 4.27. The van der Waals surface area contributed by atoms with Gasteiger partial charge in [-0.05, 0) is 26.8 Å². The van der Waals surface area contributed by atoms with Crippen molar-refractivity contribution in [2.75, 3.05) is 7.05 Å². The fourth-order valence-corrected chi connectivity index (χ4v) is 3.10. The molecule has 1 aromatic heterocycles. The summed E-state index contributed by atoms with van der Waals surface area (Å²) in [6.45, 7) is 2.73. The normalized spacial score (nSPS) is 18.1. The lowest BCUT2D eigenvalue weighted by Gasteiger charge is -2.32. The molecule has 1 aromatic rings. The predicted molar refractivity (Wildman–Crippen MR) is 82.4 cm³/mol. The SMILES string of the molecule is CC(O)Cn1cc(O)c(=O)cc1CN(C)C1CCCCC1. The third-order valence-electron chi connectivity index (χ3n) is 4.27. The molecule has 21 heavy (non-hydrogen) atoms. The zero-order valence-electron chi connectivity index (χ0n) is 13.0. The molecule has 1 fully saturated rings. The van der Waals surface area contributed by atoms with Gasteiger partial charge < -0.3 is 14.8 Å². The summed E-state index contributed by atoms with van der Waals surface area (Å²) in [6, 6.07) is 2.04. The van der Waals surface area contributed by atoms with E-state index in [0.717, 1.165) is 5.69 Å². The van der Waals surface area contributed by atoms with Gasteiger partial charge in [-0.25, -0.2) is 0 Å². The number of hydrogen-bond acceptors (Lipinski definition) is 4. The summed E-state index contributed by atoms with van der Waals surface area (Å²) in [6.07, 6.45) is 7.17. The average molecular weight is 294 g/mol. The largest absolute Gasteiger partial charge is 0.503 e. The molecule has 1 saturated carbocycles. The molecule has 1 heterocycles. The van der Waals surface area contributed by atoms with Crippen LogP contribution in [0.1, 0.15) is 44.7 Å². The monoisotopic (exact) mass is 294 g/mol. The van der Waals surface area contributed by atoms with Gasteiger partial charge in [0.05, 0.1) is 12.3 Å². The van der Waals surface area contributed by atoms with Crippen LogP contribution in [0.15, 0.2) is 17.1 Å². The Morgan fingerprint density at radius 3 is 2.67 bits per heavy atom. The van der Waals surface area contributed by atoms with E-state index in [1.165, 1.54) is 44.4 Å². The number of rotatable bonds is 5. The van der Waals surface area contributed by atoms with Gasteiger partial charge in [0.25, 0.3) is 0 Å². The van der Waals surface area contributed by atoms with Crippen molar-refractivity contribution in [3.05, 3.63) is 28.2 Å². The van der Waals surface area contributed by atoms with Crippen LogP contribution in [-0.2, 0) is 13.1 Å². The maximum Gasteiger partial charge on any atom is 0.223 e. The zero-order valence-corrected chi connectivity index (χ0v) is 13.0. The van der Waals surface area contributed by atoms with E-state index in [4.69, 9.17) is 0 Å². The van der Waals surface area contributed by atoms with E-state index in [0.29, 0.717) is 19.1 Å². The summed E-state index contributed by atoms with van der Waals surface area (Å²) >= 11 is 0. The van der Waals surface area contributed by atoms with Crippen LogP contribution in [-0.4, -0.2) is 38.9 Å². The Balaban J connectivity index is 2.16. The minimum atomic E-state index is -0.523. The lowest BCUT2D eigenvalue weighted by atomic mass is 9.94. The smallest absolute Gasteiger partial charge is 0.223 e. The summed E-state index contributed by atoms with van der Waals surface area (Å²) in [5, 5.41) is 19.2. The molecule has 1 atom stereocenters. The Morgan fingerprint density at radius 1 is 1.38 bits per heavy atom. The molecule has 0 spiro atoms. The quantitative estimate of drug-likeness (QED) is 0.867. The van der Waals surface area contributed by atoms with Crippen LogP contribution in [0.4, 0.5) is 0 Å². The molecule has 2 N–H and O–H groups in total. The molecule has 1 unspecified atom stereocenters. The van der Waals surface area contributed by atoms with Crippen molar-refractivity contribution in [1.82, 2.24) is 9.47 Å². The van der Waals surface area contributed by atoms with Gasteiger partial charge in [-0.1, -0.05) is 19.3 Å². The number of aliphatic hydroxyl groups is 1. The van der Waals surface area contributed by atoms with Crippen LogP contribution in [0.3, 0.4) is 0 Å². The minimum Gasteiger partial charge on any atom is -0.503 e. The van der Waals surface area contributed by atoms with Crippen molar-refractivity contribution in [3.63, 3.8) is 0 Å². The first-order valence-electron chi connectivity index (χ1n) is 7.78. The highest BCUT2D eigenvalue weighted by atomic mass is 16.3. The highest BCUT2D eigenvalue weighted by Gasteiger charge is 2.19. The van der Waals surface area contributed by atoms with E-state index in [-0.39, 0.29) is 11.2 Å². The van der Waals surface area contributed by atoms with E-state index < -0.39 is 6.10 Å². The van der Waals surface area contributed by atoms with Crippen LogP contribution in [0.2, 0.25) is 0 Å². The molecular weight excluding hydrogens is 268 g/mol. The molecule has 2 rings (SSSR count). The second kappa shape index (κ2) is 7.09. The minimum absolute atomic E-state index is 0.264. The van der Waals surface area contributed by atoms with Gasteiger partial charge in [0.2, 0.25) is 5.43 Å². The first kappa shape index (κ1) is 16.0. The van der Waals surface area contributed by atoms with Gasteiger partial charge in [-0.3, -0.25) is 9.69 Å². The number of hydrogen-bond donors (Lipinski definition) is 2.